The highest BCUT2D eigenvalue weighted by Crippen LogP contribution is 2.25. The minimum absolute atomic E-state index is 0.00718. The fourth-order valence-corrected chi connectivity index (χ4v) is 1.45. The van der Waals surface area contributed by atoms with Crippen LogP contribution in [0.5, 0.6) is 0 Å². The first-order valence-corrected chi connectivity index (χ1v) is 5.86. The molecule has 0 aromatic heterocycles. The molecule has 0 aliphatic heterocycles. The van der Waals surface area contributed by atoms with E-state index in [-0.39, 0.29) is 29.4 Å². The number of aromatic carboxylic acids is 1. The number of hydrogen-bond donors (Lipinski definition) is 2. The predicted molar refractivity (Wildman–Crippen MR) is 71.9 cm³/mol. The van der Waals surface area contributed by atoms with E-state index in [2.05, 4.69) is 5.32 Å². The minimum atomic E-state index is -1.19. The number of nitro groups is 1. The summed E-state index contributed by atoms with van der Waals surface area (Å²) in [5.41, 5.74) is -0.357. The molecule has 0 radical (unpaired) electrons. The Morgan fingerprint density at radius 2 is 2.10 bits per heavy atom. The largest absolute Gasteiger partial charge is 0.478 e. The van der Waals surface area contributed by atoms with E-state index in [1.165, 1.54) is 4.90 Å². The van der Waals surface area contributed by atoms with E-state index in [1.807, 2.05) is 0 Å². The van der Waals surface area contributed by atoms with Crippen molar-refractivity contribution in [1.29, 1.82) is 0 Å². The zero-order valence-corrected chi connectivity index (χ0v) is 11.1. The van der Waals surface area contributed by atoms with Crippen LogP contribution in [0.2, 0.25) is 0 Å². The minimum Gasteiger partial charge on any atom is -0.478 e. The predicted octanol–water partition coefficient (Wildman–Crippen LogP) is 1.18. The quantitative estimate of drug-likeness (QED) is 0.598. The highest BCUT2D eigenvalue weighted by molar-refractivity contribution is 5.90. The molecule has 0 atom stereocenters. The number of carboxylic acid groups (broad SMARTS) is 1. The number of carboxylic acids is 1. The van der Waals surface area contributed by atoms with Gasteiger partial charge in [-0.3, -0.25) is 14.9 Å². The normalized spacial score (nSPS) is 9.90. The first kappa shape index (κ1) is 15.4. The van der Waals surface area contributed by atoms with Gasteiger partial charge in [0.05, 0.1) is 17.0 Å². The molecule has 1 rings (SSSR count). The Hall–Kier alpha value is -2.64. The van der Waals surface area contributed by atoms with E-state index in [0.29, 0.717) is 6.54 Å². The van der Waals surface area contributed by atoms with E-state index in [0.717, 1.165) is 18.2 Å². The summed E-state index contributed by atoms with van der Waals surface area (Å²) in [5.74, 6) is -1.44. The summed E-state index contributed by atoms with van der Waals surface area (Å²) in [6.45, 7) is 2.16. The molecule has 0 spiro atoms. The lowest BCUT2D eigenvalue weighted by molar-refractivity contribution is -0.384. The second-order valence-electron chi connectivity index (χ2n) is 4.06. The van der Waals surface area contributed by atoms with Gasteiger partial charge in [-0.25, -0.2) is 4.79 Å². The molecule has 8 heteroatoms. The molecule has 0 unspecified atom stereocenters. The second kappa shape index (κ2) is 6.50. The Balaban J connectivity index is 2.96. The number of nitrogens with one attached hydrogen (secondary N) is 1. The van der Waals surface area contributed by atoms with Gasteiger partial charge in [-0.15, -0.1) is 0 Å². The van der Waals surface area contributed by atoms with Gasteiger partial charge in [0.1, 0.15) is 5.69 Å². The summed E-state index contributed by atoms with van der Waals surface area (Å²) < 4.78 is 0. The Bertz CT molecular complexity index is 544. The smallest absolute Gasteiger partial charge is 0.335 e. The molecule has 0 saturated carbocycles. The molecule has 1 amide bonds. The van der Waals surface area contributed by atoms with E-state index >= 15 is 0 Å². The van der Waals surface area contributed by atoms with Crippen molar-refractivity contribution in [3.63, 3.8) is 0 Å². The van der Waals surface area contributed by atoms with Crippen LogP contribution in [0.1, 0.15) is 17.3 Å². The summed E-state index contributed by atoms with van der Waals surface area (Å²) in [6.07, 6.45) is 0. The molecule has 0 fully saturated rings. The third kappa shape index (κ3) is 3.67. The lowest BCUT2D eigenvalue weighted by atomic mass is 10.1. The van der Waals surface area contributed by atoms with Crippen molar-refractivity contribution in [3.8, 4) is 0 Å². The van der Waals surface area contributed by atoms with Crippen LogP contribution in [-0.2, 0) is 4.79 Å². The second-order valence-corrected chi connectivity index (χ2v) is 4.06. The third-order valence-corrected chi connectivity index (χ3v) is 2.77. The SMILES string of the molecule is CCN(C)C(=O)CNc1cc(C(=O)O)ccc1[N+](=O)[O-]. The molecule has 1 aromatic carbocycles. The molecule has 0 aliphatic rings. The van der Waals surface area contributed by atoms with E-state index < -0.39 is 10.9 Å². The fourth-order valence-electron chi connectivity index (χ4n) is 1.45. The number of benzene rings is 1. The van der Waals surface area contributed by atoms with Crippen molar-refractivity contribution in [2.75, 3.05) is 25.5 Å². The van der Waals surface area contributed by atoms with Crippen molar-refractivity contribution < 1.29 is 19.6 Å². The first-order valence-electron chi connectivity index (χ1n) is 5.86. The number of carbonyl (C=O) groups excluding carboxylic acids is 1. The monoisotopic (exact) mass is 281 g/mol. The average molecular weight is 281 g/mol. The molecule has 20 heavy (non-hydrogen) atoms. The summed E-state index contributed by atoms with van der Waals surface area (Å²) in [4.78, 5) is 34.1. The van der Waals surface area contributed by atoms with Gasteiger partial charge in [0.2, 0.25) is 5.91 Å². The molecule has 2 N–H and O–H groups in total. The molecule has 0 heterocycles. The number of hydrogen-bond acceptors (Lipinski definition) is 5. The fraction of sp³-hybridized carbons (Fsp3) is 0.333. The molecule has 8 nitrogen and oxygen atoms in total. The lowest BCUT2D eigenvalue weighted by Crippen LogP contribution is -2.32. The van der Waals surface area contributed by atoms with Crippen LogP contribution < -0.4 is 5.32 Å². The van der Waals surface area contributed by atoms with Crippen LogP contribution in [0.4, 0.5) is 11.4 Å². The van der Waals surface area contributed by atoms with Crippen molar-refractivity contribution >= 4 is 23.3 Å². The van der Waals surface area contributed by atoms with Crippen LogP contribution in [0, 0.1) is 10.1 Å². The Morgan fingerprint density at radius 1 is 1.45 bits per heavy atom. The van der Waals surface area contributed by atoms with E-state index in [1.54, 1.807) is 14.0 Å². The Labute approximate surface area is 115 Å². The molecular formula is C12H15N3O5. The number of amides is 1. The summed E-state index contributed by atoms with van der Waals surface area (Å²) in [5, 5.41) is 22.3. The van der Waals surface area contributed by atoms with Crippen molar-refractivity contribution in [3.05, 3.63) is 33.9 Å². The van der Waals surface area contributed by atoms with E-state index in [4.69, 9.17) is 5.11 Å². The molecule has 0 aliphatic carbocycles. The summed E-state index contributed by atoms with van der Waals surface area (Å²) >= 11 is 0. The number of nitrogens with zero attached hydrogens (tertiary/aromatic N) is 2. The van der Waals surface area contributed by atoms with Gasteiger partial charge in [-0.1, -0.05) is 0 Å². The lowest BCUT2D eigenvalue weighted by Gasteiger charge is -2.15. The maximum Gasteiger partial charge on any atom is 0.335 e. The van der Waals surface area contributed by atoms with E-state index in [9.17, 15) is 19.7 Å². The summed E-state index contributed by atoms with van der Waals surface area (Å²) in [6, 6.07) is 3.38. The number of rotatable bonds is 6. The first-order chi connectivity index (χ1) is 9.36. The maximum absolute atomic E-state index is 11.6. The van der Waals surface area contributed by atoms with Crippen molar-refractivity contribution in [2.45, 2.75) is 6.92 Å². The molecule has 0 saturated heterocycles. The molecule has 1 aromatic rings. The Kier molecular flexibility index (Phi) is 5.01. The van der Waals surface area contributed by atoms with Gasteiger partial charge in [0.25, 0.3) is 5.69 Å². The van der Waals surface area contributed by atoms with Crippen LogP contribution in [-0.4, -0.2) is 46.9 Å². The van der Waals surface area contributed by atoms with Gasteiger partial charge >= 0.3 is 5.97 Å². The third-order valence-electron chi connectivity index (χ3n) is 2.77. The van der Waals surface area contributed by atoms with Gasteiger partial charge in [-0.05, 0) is 19.1 Å². The van der Waals surface area contributed by atoms with Crippen LogP contribution in [0.15, 0.2) is 18.2 Å². The summed E-state index contributed by atoms with van der Waals surface area (Å²) in [7, 11) is 1.60. The van der Waals surface area contributed by atoms with Crippen molar-refractivity contribution in [2.24, 2.45) is 0 Å². The standard InChI is InChI=1S/C12H15N3O5/c1-3-14(2)11(16)7-13-9-6-8(12(17)18)4-5-10(9)15(19)20/h4-6,13H,3,7H2,1-2H3,(H,17,18). The molecule has 0 bridgehead atoms. The molecular weight excluding hydrogens is 266 g/mol. The molecule has 108 valence electrons. The number of anilines is 1. The number of nitro benzene ring substituents is 1. The highest BCUT2D eigenvalue weighted by Gasteiger charge is 2.17. The van der Waals surface area contributed by atoms with Crippen LogP contribution >= 0.6 is 0 Å². The number of likely N-dealkylation sites (N-methyl/N-ethyl adjacent to an activating group) is 1. The van der Waals surface area contributed by atoms with Gasteiger partial charge in [-0.2, -0.15) is 0 Å². The van der Waals surface area contributed by atoms with Gasteiger partial charge < -0.3 is 15.3 Å². The Morgan fingerprint density at radius 3 is 2.60 bits per heavy atom. The van der Waals surface area contributed by atoms with Gasteiger partial charge in [0.15, 0.2) is 0 Å². The van der Waals surface area contributed by atoms with Crippen LogP contribution in [0.25, 0.3) is 0 Å². The average Bonchev–Trinajstić information content (AvgIpc) is 2.43. The zero-order valence-electron chi connectivity index (χ0n) is 11.1. The van der Waals surface area contributed by atoms with Crippen molar-refractivity contribution in [1.82, 2.24) is 4.90 Å². The zero-order chi connectivity index (χ0) is 15.3. The maximum atomic E-state index is 11.6. The van der Waals surface area contributed by atoms with Crippen LogP contribution in [0.3, 0.4) is 0 Å². The topological polar surface area (TPSA) is 113 Å². The number of carbonyl (C=O) groups is 2. The highest BCUT2D eigenvalue weighted by atomic mass is 16.6. The van der Waals surface area contributed by atoms with Gasteiger partial charge in [0, 0.05) is 19.7 Å².